The molecule has 1 fully saturated rings. The number of carboxylic acids is 1. The van der Waals surface area contributed by atoms with E-state index in [9.17, 15) is 24.3 Å². The number of hydrogen-bond acceptors (Lipinski definition) is 6. The predicted molar refractivity (Wildman–Crippen MR) is 130 cm³/mol. The lowest BCUT2D eigenvalue weighted by atomic mass is 10.1. The molecule has 2 aromatic carbocycles. The van der Waals surface area contributed by atoms with E-state index in [1.165, 1.54) is 23.6 Å². The quantitative estimate of drug-likeness (QED) is 0.591. The van der Waals surface area contributed by atoms with Crippen molar-refractivity contribution in [2.45, 2.75) is 29.9 Å². The zero-order valence-electron chi connectivity index (χ0n) is 18.2. The van der Waals surface area contributed by atoms with Crippen LogP contribution in [0.15, 0.2) is 60.7 Å². The van der Waals surface area contributed by atoms with Gasteiger partial charge < -0.3 is 15.3 Å². The molecule has 3 rings (SSSR count). The van der Waals surface area contributed by atoms with E-state index in [1.54, 1.807) is 0 Å². The number of amides is 2. The van der Waals surface area contributed by atoms with Crippen molar-refractivity contribution in [2.75, 3.05) is 18.8 Å². The van der Waals surface area contributed by atoms with Gasteiger partial charge >= 0.3 is 5.97 Å². The molecule has 0 radical (unpaired) electrons. The molecule has 1 saturated heterocycles. The minimum atomic E-state index is -1.11. The van der Waals surface area contributed by atoms with Gasteiger partial charge in [-0.3, -0.25) is 19.2 Å². The average molecular weight is 487 g/mol. The van der Waals surface area contributed by atoms with Crippen molar-refractivity contribution in [2.24, 2.45) is 0 Å². The summed E-state index contributed by atoms with van der Waals surface area (Å²) in [4.78, 5) is 50.7. The molecule has 2 N–H and O–H groups in total. The second kappa shape index (κ2) is 11.9. The first-order valence-corrected chi connectivity index (χ1v) is 12.4. The van der Waals surface area contributed by atoms with Gasteiger partial charge in [-0.2, -0.15) is 0 Å². The van der Waals surface area contributed by atoms with Crippen LogP contribution in [0.3, 0.4) is 0 Å². The highest BCUT2D eigenvalue weighted by molar-refractivity contribution is 8.14. The number of carbonyl (C=O) groups excluding carboxylic acids is 3. The summed E-state index contributed by atoms with van der Waals surface area (Å²) in [5.74, 6) is -1.64. The van der Waals surface area contributed by atoms with Gasteiger partial charge in [0.1, 0.15) is 12.6 Å². The first kappa shape index (κ1) is 24.9. The Hall–Kier alpha value is -2.78. The third-order valence-corrected chi connectivity index (χ3v) is 7.49. The summed E-state index contributed by atoms with van der Waals surface area (Å²) < 4.78 is 0. The van der Waals surface area contributed by atoms with Crippen LogP contribution in [0.25, 0.3) is 0 Å². The second-order valence-electron chi connectivity index (χ2n) is 7.69. The summed E-state index contributed by atoms with van der Waals surface area (Å²) >= 11 is 2.44. The Morgan fingerprint density at radius 3 is 2.36 bits per heavy atom. The Labute approximate surface area is 201 Å². The summed E-state index contributed by atoms with van der Waals surface area (Å²) in [5.41, 5.74) is 1.90. The van der Waals surface area contributed by atoms with E-state index in [4.69, 9.17) is 0 Å². The zero-order chi connectivity index (χ0) is 23.8. The van der Waals surface area contributed by atoms with Crippen molar-refractivity contribution in [3.63, 3.8) is 0 Å². The number of thioether (sulfide) groups is 2. The van der Waals surface area contributed by atoms with Gasteiger partial charge in [-0.25, -0.2) is 0 Å². The smallest absolute Gasteiger partial charge is 0.323 e. The first-order valence-electron chi connectivity index (χ1n) is 10.5. The number of carboxylic acid groups (broad SMARTS) is 1. The molecule has 0 saturated carbocycles. The maximum Gasteiger partial charge on any atom is 0.323 e. The van der Waals surface area contributed by atoms with Gasteiger partial charge in [-0.05, 0) is 17.5 Å². The van der Waals surface area contributed by atoms with Crippen LogP contribution in [-0.2, 0) is 25.6 Å². The molecular weight excluding hydrogens is 460 g/mol. The number of nitrogens with zero attached hydrogens (tertiary/aromatic N) is 1. The number of benzene rings is 2. The van der Waals surface area contributed by atoms with Gasteiger partial charge in [-0.1, -0.05) is 72.4 Å². The highest BCUT2D eigenvalue weighted by Crippen LogP contribution is 2.33. The average Bonchev–Trinajstić information content (AvgIpc) is 2.93. The van der Waals surface area contributed by atoms with Crippen LogP contribution < -0.4 is 5.32 Å². The summed E-state index contributed by atoms with van der Waals surface area (Å²) in [6.45, 7) is 1.20. The van der Waals surface area contributed by atoms with E-state index in [2.05, 4.69) is 5.32 Å². The lowest BCUT2D eigenvalue weighted by Crippen LogP contribution is -2.52. The molecule has 2 aromatic rings. The number of carbonyl (C=O) groups is 4. The maximum atomic E-state index is 13.2. The molecule has 0 unspecified atom stereocenters. The van der Waals surface area contributed by atoms with Crippen LogP contribution in [0.5, 0.6) is 0 Å². The Balaban J connectivity index is 1.77. The Morgan fingerprint density at radius 1 is 1.12 bits per heavy atom. The molecule has 1 heterocycles. The van der Waals surface area contributed by atoms with Crippen molar-refractivity contribution in [3.8, 4) is 0 Å². The minimum absolute atomic E-state index is 0.108. The third kappa shape index (κ3) is 7.36. The van der Waals surface area contributed by atoms with E-state index in [1.807, 2.05) is 60.7 Å². The van der Waals surface area contributed by atoms with Crippen LogP contribution in [-0.4, -0.2) is 63.0 Å². The van der Waals surface area contributed by atoms with Gasteiger partial charge in [0.25, 0.3) is 0 Å². The lowest BCUT2D eigenvalue weighted by Gasteiger charge is -2.25. The molecule has 1 aliphatic heterocycles. The highest BCUT2D eigenvalue weighted by Gasteiger charge is 2.35. The molecule has 0 aliphatic carbocycles. The highest BCUT2D eigenvalue weighted by atomic mass is 32.2. The summed E-state index contributed by atoms with van der Waals surface area (Å²) in [7, 11) is 0. The molecular formula is C24H26N2O5S2. The molecule has 9 heteroatoms. The van der Waals surface area contributed by atoms with Crippen molar-refractivity contribution in [3.05, 3.63) is 71.8 Å². The van der Waals surface area contributed by atoms with Crippen LogP contribution in [0.2, 0.25) is 0 Å². The van der Waals surface area contributed by atoms with E-state index in [-0.39, 0.29) is 16.9 Å². The standard InChI is InChI=1S/C24H26N2O5S2/c1-16(27)33-20(12-17-8-4-2-5-9-17)23(30)25-19-15-32-21(18-10-6-3-7-11-18)13-26(24(19)31)14-22(28)29/h2-11,19-21H,12-15H2,1H3,(H,25,30)(H,28,29)/t19-,20-,21-/m0/s1. The maximum absolute atomic E-state index is 13.2. The monoisotopic (exact) mass is 486 g/mol. The summed E-state index contributed by atoms with van der Waals surface area (Å²) in [6.07, 6.45) is 0.344. The topological polar surface area (TPSA) is 104 Å². The normalized spacial score (nSPS) is 19.4. The molecule has 3 atom stereocenters. The van der Waals surface area contributed by atoms with Gasteiger partial charge in [0.05, 0.1) is 5.25 Å². The number of aliphatic carboxylic acids is 1. The molecule has 33 heavy (non-hydrogen) atoms. The SMILES string of the molecule is CC(=O)S[C@@H](Cc1ccccc1)C(=O)N[C@H]1CS[C@H](c2ccccc2)CN(CC(=O)O)C1=O. The van der Waals surface area contributed by atoms with Crippen molar-refractivity contribution < 1.29 is 24.3 Å². The van der Waals surface area contributed by atoms with Crippen LogP contribution in [0.1, 0.15) is 23.3 Å². The third-order valence-electron chi connectivity index (χ3n) is 5.14. The molecule has 0 spiro atoms. The zero-order valence-corrected chi connectivity index (χ0v) is 19.8. The molecule has 1 aliphatic rings. The van der Waals surface area contributed by atoms with Crippen molar-refractivity contribution in [1.82, 2.24) is 10.2 Å². The lowest BCUT2D eigenvalue weighted by molar-refractivity contribution is -0.145. The molecule has 0 aromatic heterocycles. The van der Waals surface area contributed by atoms with Crippen molar-refractivity contribution in [1.29, 1.82) is 0 Å². The molecule has 2 amide bonds. The Morgan fingerprint density at radius 2 is 1.76 bits per heavy atom. The van der Waals surface area contributed by atoms with Gasteiger partial charge in [0, 0.05) is 24.5 Å². The van der Waals surface area contributed by atoms with Crippen LogP contribution >= 0.6 is 23.5 Å². The molecule has 174 valence electrons. The first-order chi connectivity index (χ1) is 15.8. The summed E-state index contributed by atoms with van der Waals surface area (Å²) in [6, 6.07) is 18.1. The van der Waals surface area contributed by atoms with Gasteiger partial charge in [0.15, 0.2) is 5.12 Å². The Bertz CT molecular complexity index is 987. The fourth-order valence-electron chi connectivity index (χ4n) is 3.61. The van der Waals surface area contributed by atoms with Crippen molar-refractivity contribution >= 4 is 46.4 Å². The number of hydrogen-bond donors (Lipinski definition) is 2. The summed E-state index contributed by atoms with van der Waals surface area (Å²) in [5, 5.41) is 11.1. The van der Waals surface area contributed by atoms with E-state index >= 15 is 0 Å². The van der Waals surface area contributed by atoms with E-state index in [0.717, 1.165) is 22.9 Å². The number of nitrogens with one attached hydrogen (secondary N) is 1. The van der Waals surface area contributed by atoms with Crippen LogP contribution in [0, 0.1) is 0 Å². The molecule has 7 nitrogen and oxygen atoms in total. The van der Waals surface area contributed by atoms with Gasteiger partial charge in [0.2, 0.25) is 11.8 Å². The minimum Gasteiger partial charge on any atom is -0.480 e. The Kier molecular flexibility index (Phi) is 8.96. The van der Waals surface area contributed by atoms with Gasteiger partial charge in [-0.15, -0.1) is 11.8 Å². The number of rotatable bonds is 8. The fourth-order valence-corrected chi connectivity index (χ4v) is 5.74. The predicted octanol–water partition coefficient (Wildman–Crippen LogP) is 2.76. The van der Waals surface area contributed by atoms with E-state index in [0.29, 0.717) is 12.2 Å². The van der Waals surface area contributed by atoms with Crippen LogP contribution in [0.4, 0.5) is 0 Å². The van der Waals surface area contributed by atoms with E-state index < -0.39 is 35.6 Å². The fraction of sp³-hybridized carbons (Fsp3) is 0.333. The molecule has 0 bridgehead atoms. The largest absolute Gasteiger partial charge is 0.480 e. The second-order valence-corrected chi connectivity index (χ2v) is 10.3.